The lowest BCUT2D eigenvalue weighted by Gasteiger charge is -2.31. The number of ether oxygens (including phenoxy) is 2. The van der Waals surface area contributed by atoms with Crippen molar-refractivity contribution in [2.24, 2.45) is 5.41 Å². The van der Waals surface area contributed by atoms with Crippen molar-refractivity contribution in [2.45, 2.75) is 26.9 Å². The van der Waals surface area contributed by atoms with Crippen molar-refractivity contribution < 1.29 is 9.47 Å². The summed E-state index contributed by atoms with van der Waals surface area (Å²) in [7, 11) is 0. The molecule has 13 heavy (non-hydrogen) atoms. The molecule has 3 nitrogen and oxygen atoms in total. The first kappa shape index (κ1) is 11.0. The van der Waals surface area contributed by atoms with E-state index < -0.39 is 0 Å². The Morgan fingerprint density at radius 1 is 1.46 bits per heavy atom. The van der Waals surface area contributed by atoms with Gasteiger partial charge in [-0.05, 0) is 6.54 Å². The molecule has 0 saturated carbocycles. The quantitative estimate of drug-likeness (QED) is 0.674. The fourth-order valence-corrected chi connectivity index (χ4v) is 1.17. The summed E-state index contributed by atoms with van der Waals surface area (Å²) in [6, 6.07) is 0. The Balaban J connectivity index is 2.08. The second kappa shape index (κ2) is 4.94. The van der Waals surface area contributed by atoms with Gasteiger partial charge in [0.2, 0.25) is 0 Å². The number of hydrogen-bond acceptors (Lipinski definition) is 3. The van der Waals surface area contributed by atoms with E-state index in [9.17, 15) is 0 Å². The largest absolute Gasteiger partial charge is 0.376 e. The van der Waals surface area contributed by atoms with E-state index in [0.717, 1.165) is 32.9 Å². The molecule has 0 bridgehead atoms. The SMILES string of the molecule is CCNCC(C)(C)COC1COC1. The van der Waals surface area contributed by atoms with Gasteiger partial charge in [0.25, 0.3) is 0 Å². The number of nitrogens with one attached hydrogen (secondary N) is 1. The van der Waals surface area contributed by atoms with Crippen molar-refractivity contribution in [1.82, 2.24) is 5.32 Å². The lowest BCUT2D eigenvalue weighted by molar-refractivity contribution is -0.143. The highest BCUT2D eigenvalue weighted by Gasteiger charge is 2.24. The van der Waals surface area contributed by atoms with Gasteiger partial charge in [-0.25, -0.2) is 0 Å². The van der Waals surface area contributed by atoms with Crippen LogP contribution in [0.25, 0.3) is 0 Å². The van der Waals surface area contributed by atoms with Crippen molar-refractivity contribution in [3.63, 3.8) is 0 Å². The minimum absolute atomic E-state index is 0.228. The van der Waals surface area contributed by atoms with Crippen molar-refractivity contribution in [1.29, 1.82) is 0 Å². The molecule has 3 heteroatoms. The average Bonchev–Trinajstić information content (AvgIpc) is 1.98. The summed E-state index contributed by atoms with van der Waals surface area (Å²) in [5.74, 6) is 0. The summed E-state index contributed by atoms with van der Waals surface area (Å²) >= 11 is 0. The van der Waals surface area contributed by atoms with Gasteiger partial charge in [0.15, 0.2) is 0 Å². The van der Waals surface area contributed by atoms with Crippen LogP contribution in [0.15, 0.2) is 0 Å². The summed E-state index contributed by atoms with van der Waals surface area (Å²) in [6.45, 7) is 11.0. The Morgan fingerprint density at radius 3 is 2.62 bits per heavy atom. The normalized spacial score (nSPS) is 18.7. The van der Waals surface area contributed by atoms with E-state index >= 15 is 0 Å². The molecule has 0 unspecified atom stereocenters. The molecule has 1 rings (SSSR count). The Hall–Kier alpha value is -0.120. The van der Waals surface area contributed by atoms with Gasteiger partial charge < -0.3 is 14.8 Å². The monoisotopic (exact) mass is 187 g/mol. The van der Waals surface area contributed by atoms with Crippen LogP contribution < -0.4 is 5.32 Å². The van der Waals surface area contributed by atoms with E-state index in [4.69, 9.17) is 9.47 Å². The zero-order chi connectivity index (χ0) is 9.73. The zero-order valence-electron chi connectivity index (χ0n) is 8.93. The molecule has 0 radical (unpaired) electrons. The van der Waals surface area contributed by atoms with Gasteiger partial charge in [-0.2, -0.15) is 0 Å². The van der Waals surface area contributed by atoms with Gasteiger partial charge in [-0.3, -0.25) is 0 Å². The second-order valence-corrected chi connectivity index (χ2v) is 4.42. The van der Waals surface area contributed by atoms with Crippen LogP contribution in [-0.4, -0.2) is 39.0 Å². The Morgan fingerprint density at radius 2 is 2.15 bits per heavy atom. The molecular formula is C10H21NO2. The predicted octanol–water partition coefficient (Wildman–Crippen LogP) is 1.04. The molecule has 0 atom stereocenters. The summed E-state index contributed by atoms with van der Waals surface area (Å²) in [5, 5.41) is 3.34. The first-order chi connectivity index (χ1) is 6.14. The highest BCUT2D eigenvalue weighted by atomic mass is 16.6. The van der Waals surface area contributed by atoms with Crippen molar-refractivity contribution in [3.8, 4) is 0 Å². The Kier molecular flexibility index (Phi) is 4.16. The molecule has 1 fully saturated rings. The van der Waals surface area contributed by atoms with Crippen LogP contribution >= 0.6 is 0 Å². The molecule has 0 aromatic rings. The molecule has 78 valence electrons. The highest BCUT2D eigenvalue weighted by Crippen LogP contribution is 2.17. The molecule has 0 aromatic carbocycles. The molecule has 1 aliphatic rings. The number of rotatable bonds is 6. The maximum Gasteiger partial charge on any atom is 0.104 e. The summed E-state index contributed by atoms with van der Waals surface area (Å²) in [4.78, 5) is 0. The summed E-state index contributed by atoms with van der Waals surface area (Å²) in [5.41, 5.74) is 0.228. The smallest absolute Gasteiger partial charge is 0.104 e. The first-order valence-corrected chi connectivity index (χ1v) is 5.04. The molecule has 0 spiro atoms. The molecule has 0 aliphatic carbocycles. The number of hydrogen-bond donors (Lipinski definition) is 1. The minimum Gasteiger partial charge on any atom is -0.376 e. The second-order valence-electron chi connectivity index (χ2n) is 4.42. The maximum atomic E-state index is 5.67. The molecule has 0 aromatic heterocycles. The Labute approximate surface area is 80.8 Å². The van der Waals surface area contributed by atoms with Gasteiger partial charge in [0.05, 0.1) is 19.8 Å². The maximum absolute atomic E-state index is 5.67. The third-order valence-corrected chi connectivity index (χ3v) is 2.17. The van der Waals surface area contributed by atoms with Crippen LogP contribution in [-0.2, 0) is 9.47 Å². The van der Waals surface area contributed by atoms with E-state index in [-0.39, 0.29) is 5.41 Å². The van der Waals surface area contributed by atoms with Gasteiger partial charge >= 0.3 is 0 Å². The summed E-state index contributed by atoms with van der Waals surface area (Å²) in [6.07, 6.45) is 0.348. The van der Waals surface area contributed by atoms with Gasteiger partial charge in [-0.1, -0.05) is 20.8 Å². The standard InChI is InChI=1S/C10H21NO2/c1-4-11-7-10(2,3)8-13-9-5-12-6-9/h9,11H,4-8H2,1-3H3. The molecule has 1 aliphatic heterocycles. The van der Waals surface area contributed by atoms with Crippen LogP contribution in [0.2, 0.25) is 0 Å². The molecule has 1 saturated heterocycles. The third kappa shape index (κ3) is 4.07. The fourth-order valence-electron chi connectivity index (χ4n) is 1.17. The van der Waals surface area contributed by atoms with Crippen LogP contribution in [0, 0.1) is 5.41 Å². The van der Waals surface area contributed by atoms with E-state index in [2.05, 4.69) is 26.1 Å². The van der Waals surface area contributed by atoms with Gasteiger partial charge in [0, 0.05) is 12.0 Å². The van der Waals surface area contributed by atoms with Crippen LogP contribution in [0.1, 0.15) is 20.8 Å². The van der Waals surface area contributed by atoms with E-state index in [1.165, 1.54) is 0 Å². The zero-order valence-corrected chi connectivity index (χ0v) is 8.93. The first-order valence-electron chi connectivity index (χ1n) is 5.04. The van der Waals surface area contributed by atoms with E-state index in [1.807, 2.05) is 0 Å². The molecule has 1 heterocycles. The lowest BCUT2D eigenvalue weighted by atomic mass is 9.95. The lowest BCUT2D eigenvalue weighted by Crippen LogP contribution is -2.41. The van der Waals surface area contributed by atoms with Crippen LogP contribution in [0.3, 0.4) is 0 Å². The highest BCUT2D eigenvalue weighted by molar-refractivity contribution is 4.73. The molecule has 1 N–H and O–H groups in total. The fraction of sp³-hybridized carbons (Fsp3) is 1.00. The van der Waals surface area contributed by atoms with Crippen molar-refractivity contribution in [3.05, 3.63) is 0 Å². The van der Waals surface area contributed by atoms with Gasteiger partial charge in [-0.15, -0.1) is 0 Å². The average molecular weight is 187 g/mol. The molecular weight excluding hydrogens is 166 g/mol. The topological polar surface area (TPSA) is 30.5 Å². The molecule has 0 amide bonds. The van der Waals surface area contributed by atoms with Crippen molar-refractivity contribution >= 4 is 0 Å². The Bertz CT molecular complexity index is 144. The minimum atomic E-state index is 0.228. The van der Waals surface area contributed by atoms with Crippen LogP contribution in [0.4, 0.5) is 0 Å². The van der Waals surface area contributed by atoms with Crippen molar-refractivity contribution in [2.75, 3.05) is 32.9 Å². The van der Waals surface area contributed by atoms with Gasteiger partial charge in [0.1, 0.15) is 6.10 Å². The van der Waals surface area contributed by atoms with Crippen LogP contribution in [0.5, 0.6) is 0 Å². The van der Waals surface area contributed by atoms with E-state index in [0.29, 0.717) is 6.10 Å². The summed E-state index contributed by atoms with van der Waals surface area (Å²) < 4.78 is 10.7. The van der Waals surface area contributed by atoms with E-state index in [1.54, 1.807) is 0 Å². The third-order valence-electron chi connectivity index (χ3n) is 2.17. The predicted molar refractivity (Wildman–Crippen MR) is 52.9 cm³/mol.